The minimum Gasteiger partial charge on any atom is -0.356 e. The van der Waals surface area contributed by atoms with Crippen LogP contribution in [0.1, 0.15) is 33.9 Å². The lowest BCUT2D eigenvalue weighted by Crippen LogP contribution is -2.66. The number of amides is 1. The second-order valence-electron chi connectivity index (χ2n) is 8.47. The number of rotatable bonds is 3. The first kappa shape index (κ1) is 19.7. The summed E-state index contributed by atoms with van der Waals surface area (Å²) in [5, 5.41) is 3.85. The van der Waals surface area contributed by atoms with E-state index in [4.69, 9.17) is 4.52 Å². The number of hydrogen-bond acceptors (Lipinski definition) is 6. The first-order valence-corrected chi connectivity index (χ1v) is 10.5. The Morgan fingerprint density at radius 2 is 1.87 bits per heavy atom. The molecule has 0 bridgehead atoms. The van der Waals surface area contributed by atoms with E-state index in [9.17, 15) is 9.18 Å². The van der Waals surface area contributed by atoms with Crippen molar-refractivity contribution in [2.24, 2.45) is 5.92 Å². The summed E-state index contributed by atoms with van der Waals surface area (Å²) in [5.41, 5.74) is 2.96. The minimum absolute atomic E-state index is 0.0539. The molecule has 2 aliphatic rings. The molecule has 0 saturated carbocycles. The zero-order valence-electron chi connectivity index (χ0n) is 17.8. The molecular weight excluding hydrogens is 397 g/mol. The molecule has 5 rings (SSSR count). The molecule has 2 aliphatic heterocycles. The maximum atomic E-state index is 14.7. The van der Waals surface area contributed by atoms with Crippen molar-refractivity contribution in [1.82, 2.24) is 20.0 Å². The SMILES string of the molecule is Cc1cc(-c2c(F)cccc2C(=O)N2C[C@H]3CCN(c4nc(C)cc(C)n4)C[C@H]32)on1. The first-order valence-electron chi connectivity index (χ1n) is 10.5. The van der Waals surface area contributed by atoms with E-state index >= 15 is 0 Å². The van der Waals surface area contributed by atoms with Crippen LogP contribution in [-0.4, -0.2) is 51.6 Å². The number of carbonyl (C=O) groups excluding carboxylic acids is 1. The fourth-order valence-corrected chi connectivity index (χ4v) is 4.65. The van der Waals surface area contributed by atoms with E-state index in [2.05, 4.69) is 20.0 Å². The summed E-state index contributed by atoms with van der Waals surface area (Å²) in [7, 11) is 0. The van der Waals surface area contributed by atoms with Gasteiger partial charge in [-0.2, -0.15) is 0 Å². The number of fused-ring (bicyclic) bond motifs is 1. The third kappa shape index (κ3) is 3.45. The summed E-state index contributed by atoms with van der Waals surface area (Å²) in [6.45, 7) is 7.90. The van der Waals surface area contributed by atoms with Crippen molar-refractivity contribution in [2.45, 2.75) is 33.2 Å². The molecule has 8 heteroatoms. The van der Waals surface area contributed by atoms with E-state index in [0.717, 1.165) is 24.4 Å². The number of likely N-dealkylation sites (tertiary alicyclic amines) is 1. The van der Waals surface area contributed by atoms with Crippen molar-refractivity contribution in [3.63, 3.8) is 0 Å². The van der Waals surface area contributed by atoms with Crippen LogP contribution in [0.3, 0.4) is 0 Å². The van der Waals surface area contributed by atoms with Crippen LogP contribution < -0.4 is 4.90 Å². The first-order chi connectivity index (χ1) is 14.9. The van der Waals surface area contributed by atoms with Crippen LogP contribution in [-0.2, 0) is 0 Å². The molecule has 7 nitrogen and oxygen atoms in total. The summed E-state index contributed by atoms with van der Waals surface area (Å²) in [4.78, 5) is 26.6. The highest BCUT2D eigenvalue weighted by molar-refractivity contribution is 6.01. The van der Waals surface area contributed by atoms with Crippen LogP contribution in [0.25, 0.3) is 11.3 Å². The van der Waals surface area contributed by atoms with Crippen LogP contribution in [0.15, 0.2) is 34.9 Å². The van der Waals surface area contributed by atoms with Gasteiger partial charge in [0, 0.05) is 43.0 Å². The van der Waals surface area contributed by atoms with E-state index in [1.807, 2.05) is 24.8 Å². The van der Waals surface area contributed by atoms with E-state index < -0.39 is 5.82 Å². The van der Waals surface area contributed by atoms with Crippen LogP contribution in [0.5, 0.6) is 0 Å². The Morgan fingerprint density at radius 1 is 1.10 bits per heavy atom. The number of carbonyl (C=O) groups is 1. The van der Waals surface area contributed by atoms with Gasteiger partial charge in [0.2, 0.25) is 5.95 Å². The van der Waals surface area contributed by atoms with Crippen LogP contribution in [0, 0.1) is 32.5 Å². The lowest BCUT2D eigenvalue weighted by Gasteiger charge is -2.53. The van der Waals surface area contributed by atoms with E-state index in [1.165, 1.54) is 6.07 Å². The number of nitrogens with zero attached hydrogens (tertiary/aromatic N) is 5. The molecule has 4 heterocycles. The number of aromatic nitrogens is 3. The Bertz CT molecular complexity index is 1140. The number of piperidine rings is 1. The standard InChI is InChI=1S/C23H24FN5O2/c1-13-9-14(2)26-23(25-13)28-8-7-16-11-29(19(16)12-28)22(30)17-5-4-6-18(24)21(17)20-10-15(3)27-31-20/h4-6,9-10,16,19H,7-8,11-12H2,1-3H3/t16-,19-/m1/s1. The molecule has 31 heavy (non-hydrogen) atoms. The largest absolute Gasteiger partial charge is 0.356 e. The summed E-state index contributed by atoms with van der Waals surface area (Å²) < 4.78 is 20.0. The van der Waals surface area contributed by atoms with Crippen LogP contribution in [0.4, 0.5) is 10.3 Å². The molecule has 2 saturated heterocycles. The van der Waals surface area contributed by atoms with Gasteiger partial charge < -0.3 is 14.3 Å². The Hall–Kier alpha value is -3.29. The summed E-state index contributed by atoms with van der Waals surface area (Å²) in [6, 6.07) is 8.20. The molecule has 0 unspecified atom stereocenters. The van der Waals surface area contributed by atoms with E-state index in [0.29, 0.717) is 36.2 Å². The molecule has 0 aliphatic carbocycles. The highest BCUT2D eigenvalue weighted by Crippen LogP contribution is 2.37. The number of benzene rings is 1. The van der Waals surface area contributed by atoms with Gasteiger partial charge in [-0.05, 0) is 45.4 Å². The zero-order chi connectivity index (χ0) is 21.7. The molecule has 0 N–H and O–H groups in total. The van der Waals surface area contributed by atoms with Crippen LogP contribution in [0.2, 0.25) is 0 Å². The van der Waals surface area contributed by atoms with Crippen molar-refractivity contribution < 1.29 is 13.7 Å². The van der Waals surface area contributed by atoms with Crippen molar-refractivity contribution in [2.75, 3.05) is 24.5 Å². The molecule has 0 spiro atoms. The summed E-state index contributed by atoms with van der Waals surface area (Å²) in [5.74, 6) is 0.736. The fraction of sp³-hybridized carbons (Fsp3) is 0.391. The number of hydrogen-bond donors (Lipinski definition) is 0. The van der Waals surface area contributed by atoms with E-state index in [1.54, 1.807) is 25.1 Å². The number of anilines is 1. The zero-order valence-corrected chi connectivity index (χ0v) is 17.8. The van der Waals surface area contributed by atoms with Crippen molar-refractivity contribution in [1.29, 1.82) is 0 Å². The van der Waals surface area contributed by atoms with Crippen LogP contribution >= 0.6 is 0 Å². The Morgan fingerprint density at radius 3 is 2.58 bits per heavy atom. The predicted octanol–water partition coefficient (Wildman–Crippen LogP) is 3.55. The average molecular weight is 421 g/mol. The topological polar surface area (TPSA) is 75.4 Å². The quantitative estimate of drug-likeness (QED) is 0.644. The van der Waals surface area contributed by atoms with Crippen molar-refractivity contribution in [3.05, 3.63) is 58.8 Å². The summed E-state index contributed by atoms with van der Waals surface area (Å²) in [6.07, 6.45) is 0.974. The summed E-state index contributed by atoms with van der Waals surface area (Å²) >= 11 is 0. The Balaban J connectivity index is 1.41. The third-order valence-corrected chi connectivity index (χ3v) is 6.19. The average Bonchev–Trinajstić information content (AvgIpc) is 3.13. The van der Waals surface area contributed by atoms with Gasteiger partial charge in [-0.25, -0.2) is 14.4 Å². The minimum atomic E-state index is -0.493. The highest BCUT2D eigenvalue weighted by atomic mass is 19.1. The molecule has 2 fully saturated rings. The highest BCUT2D eigenvalue weighted by Gasteiger charge is 2.46. The molecular formula is C23H24FN5O2. The van der Waals surface area contributed by atoms with Gasteiger partial charge in [0.15, 0.2) is 5.76 Å². The lowest BCUT2D eigenvalue weighted by atomic mass is 9.81. The van der Waals surface area contributed by atoms with Gasteiger partial charge in [-0.1, -0.05) is 11.2 Å². The third-order valence-electron chi connectivity index (χ3n) is 6.19. The molecule has 3 aromatic rings. The van der Waals surface area contributed by atoms with Gasteiger partial charge in [0.25, 0.3) is 5.91 Å². The molecule has 1 amide bonds. The van der Waals surface area contributed by atoms with Gasteiger partial charge in [-0.15, -0.1) is 0 Å². The van der Waals surface area contributed by atoms with Gasteiger partial charge >= 0.3 is 0 Å². The number of aryl methyl sites for hydroxylation is 3. The second kappa shape index (κ2) is 7.44. The fourth-order valence-electron chi connectivity index (χ4n) is 4.65. The second-order valence-corrected chi connectivity index (χ2v) is 8.47. The maximum Gasteiger partial charge on any atom is 0.255 e. The van der Waals surface area contributed by atoms with Gasteiger partial charge in [0.05, 0.1) is 22.9 Å². The number of halogens is 1. The molecule has 2 atom stereocenters. The van der Waals surface area contributed by atoms with Gasteiger partial charge in [-0.3, -0.25) is 4.79 Å². The molecule has 1 aromatic carbocycles. The van der Waals surface area contributed by atoms with Gasteiger partial charge in [0.1, 0.15) is 5.82 Å². The lowest BCUT2D eigenvalue weighted by molar-refractivity contribution is 0.00769. The molecule has 160 valence electrons. The normalized spacial score (nSPS) is 20.4. The smallest absolute Gasteiger partial charge is 0.255 e. The maximum absolute atomic E-state index is 14.7. The van der Waals surface area contributed by atoms with E-state index in [-0.39, 0.29) is 23.3 Å². The molecule has 2 aromatic heterocycles. The Labute approximate surface area is 179 Å². The Kier molecular flexibility index (Phi) is 4.72. The molecule has 0 radical (unpaired) electrons. The van der Waals surface area contributed by atoms with Crippen molar-refractivity contribution in [3.8, 4) is 11.3 Å². The predicted molar refractivity (Wildman–Crippen MR) is 113 cm³/mol. The van der Waals surface area contributed by atoms with Crippen molar-refractivity contribution >= 4 is 11.9 Å². The monoisotopic (exact) mass is 421 g/mol.